The predicted molar refractivity (Wildman–Crippen MR) is 230 cm³/mol. The molecule has 2 aliphatic rings. The van der Waals surface area contributed by atoms with E-state index >= 15 is 0 Å². The molecule has 0 fully saturated rings. The first-order valence-corrected chi connectivity index (χ1v) is 19.3. The molecule has 3 nitrogen and oxygen atoms in total. The lowest BCUT2D eigenvalue weighted by atomic mass is 9.70. The van der Waals surface area contributed by atoms with Gasteiger partial charge in [0.1, 0.15) is 0 Å². The smallest absolute Gasteiger partial charge is 0.160 e. The summed E-state index contributed by atoms with van der Waals surface area (Å²) in [6.07, 6.45) is 0. The Morgan fingerprint density at radius 3 is 1.46 bits per heavy atom. The first-order valence-electron chi connectivity index (χ1n) is 19.3. The molecule has 0 saturated heterocycles. The van der Waals surface area contributed by atoms with E-state index in [0.29, 0.717) is 11.4 Å². The summed E-state index contributed by atoms with van der Waals surface area (Å²) < 4.78 is 0. The first kappa shape index (κ1) is 32.7. The van der Waals surface area contributed by atoms with Gasteiger partial charge in [0.2, 0.25) is 0 Å². The van der Waals surface area contributed by atoms with Crippen LogP contribution < -0.4 is 0 Å². The average Bonchev–Trinajstić information content (AvgIpc) is 3.76. The second-order valence-corrected chi connectivity index (χ2v) is 14.8. The van der Waals surface area contributed by atoms with Crippen molar-refractivity contribution in [2.75, 3.05) is 0 Å². The monoisotopic (exact) mass is 723 g/mol. The van der Waals surface area contributed by atoms with Gasteiger partial charge in [-0.3, -0.25) is 0 Å². The van der Waals surface area contributed by atoms with Gasteiger partial charge in [-0.1, -0.05) is 170 Å². The molecule has 0 bridgehead atoms. The Hall–Kier alpha value is -7.67. The van der Waals surface area contributed by atoms with Gasteiger partial charge < -0.3 is 0 Å². The Bertz CT molecular complexity index is 3020. The van der Waals surface area contributed by atoms with E-state index < -0.39 is 5.41 Å². The molecule has 0 saturated carbocycles. The van der Waals surface area contributed by atoms with Crippen molar-refractivity contribution < 1.29 is 0 Å². The Kier molecular flexibility index (Phi) is 7.45. The molecule has 3 heteroatoms. The number of hydrogen-bond donors (Lipinski definition) is 0. The lowest BCUT2D eigenvalue weighted by Crippen LogP contribution is -2.26. The molecule has 0 aliphatic heterocycles. The normalized spacial score (nSPS) is 12.7. The molecule has 264 valence electrons. The van der Waals surface area contributed by atoms with E-state index in [0.717, 1.165) is 50.3 Å². The van der Waals surface area contributed by atoms with Crippen LogP contribution in [0.1, 0.15) is 27.8 Å². The Labute approximate surface area is 331 Å². The highest BCUT2D eigenvalue weighted by atomic mass is 14.9. The van der Waals surface area contributed by atoms with Crippen LogP contribution in [0, 0.1) is 11.3 Å². The molecule has 57 heavy (non-hydrogen) atoms. The van der Waals surface area contributed by atoms with E-state index in [1.807, 2.05) is 30.3 Å². The van der Waals surface area contributed by atoms with Crippen molar-refractivity contribution in [3.05, 3.63) is 228 Å². The SMILES string of the molecule is N#Cc1ccc2c(c1)C1(c3ccccc3-c3ccccc31)c1cc(-c3ccc(-c4cc(-c5ccccc5)nc(-c5cccc(-c6ccccc6)c5)n4)cc3)ccc1-2. The molecule has 0 radical (unpaired) electrons. The zero-order valence-corrected chi connectivity index (χ0v) is 30.9. The summed E-state index contributed by atoms with van der Waals surface area (Å²) in [6, 6.07) is 73.1. The lowest BCUT2D eigenvalue weighted by Gasteiger charge is -2.30. The van der Waals surface area contributed by atoms with E-state index in [1.165, 1.54) is 44.5 Å². The molecule has 0 atom stereocenters. The van der Waals surface area contributed by atoms with Crippen molar-refractivity contribution in [2.45, 2.75) is 5.41 Å². The van der Waals surface area contributed by atoms with Crippen LogP contribution in [0.2, 0.25) is 0 Å². The van der Waals surface area contributed by atoms with E-state index in [1.54, 1.807) is 0 Å². The van der Waals surface area contributed by atoms with Crippen molar-refractivity contribution in [3.63, 3.8) is 0 Å². The minimum Gasteiger partial charge on any atom is -0.228 e. The molecule has 1 aromatic heterocycles. The largest absolute Gasteiger partial charge is 0.228 e. The van der Waals surface area contributed by atoms with Crippen LogP contribution in [-0.2, 0) is 5.41 Å². The molecule has 2 aliphatic carbocycles. The van der Waals surface area contributed by atoms with E-state index in [9.17, 15) is 5.26 Å². The summed E-state index contributed by atoms with van der Waals surface area (Å²) in [6.45, 7) is 0. The number of nitrogens with zero attached hydrogens (tertiary/aromatic N) is 3. The maximum absolute atomic E-state index is 10.0. The molecule has 0 amide bonds. The fourth-order valence-electron chi connectivity index (χ4n) is 9.17. The molecule has 8 aromatic carbocycles. The molecular weight excluding hydrogens is 691 g/mol. The van der Waals surface area contributed by atoms with E-state index in [4.69, 9.17) is 9.97 Å². The highest BCUT2D eigenvalue weighted by Gasteiger charge is 2.51. The Balaban J connectivity index is 1.03. The molecule has 9 aromatic rings. The lowest BCUT2D eigenvalue weighted by molar-refractivity contribution is 0.793. The number of nitriles is 1. The van der Waals surface area contributed by atoms with Crippen molar-refractivity contribution in [3.8, 4) is 84.5 Å². The molecule has 0 N–H and O–H groups in total. The zero-order chi connectivity index (χ0) is 37.9. The van der Waals surface area contributed by atoms with Crippen LogP contribution in [0.3, 0.4) is 0 Å². The number of rotatable bonds is 5. The third kappa shape index (κ3) is 5.12. The fraction of sp³-hybridized carbons (Fsp3) is 0.0185. The third-order valence-corrected chi connectivity index (χ3v) is 11.8. The van der Waals surface area contributed by atoms with Gasteiger partial charge in [-0.15, -0.1) is 0 Å². The molecule has 0 unspecified atom stereocenters. The fourth-order valence-corrected chi connectivity index (χ4v) is 9.17. The van der Waals surface area contributed by atoms with Crippen LogP contribution in [0.25, 0.3) is 78.4 Å². The van der Waals surface area contributed by atoms with Crippen LogP contribution >= 0.6 is 0 Å². The van der Waals surface area contributed by atoms with Crippen LogP contribution in [0.4, 0.5) is 0 Å². The van der Waals surface area contributed by atoms with Crippen molar-refractivity contribution in [1.29, 1.82) is 5.26 Å². The maximum Gasteiger partial charge on any atom is 0.160 e. The van der Waals surface area contributed by atoms with Crippen LogP contribution in [-0.4, -0.2) is 9.97 Å². The second-order valence-electron chi connectivity index (χ2n) is 14.8. The van der Waals surface area contributed by atoms with Gasteiger partial charge in [0.05, 0.1) is 28.4 Å². The molecule has 1 heterocycles. The first-order chi connectivity index (χ1) is 28.2. The van der Waals surface area contributed by atoms with Crippen molar-refractivity contribution >= 4 is 0 Å². The minimum atomic E-state index is -0.524. The van der Waals surface area contributed by atoms with Gasteiger partial charge in [0.15, 0.2) is 5.82 Å². The highest BCUT2D eigenvalue weighted by Crippen LogP contribution is 2.63. The van der Waals surface area contributed by atoms with Crippen LogP contribution in [0.5, 0.6) is 0 Å². The molecule has 1 spiro atoms. The van der Waals surface area contributed by atoms with Crippen LogP contribution in [0.15, 0.2) is 200 Å². The summed E-state index contributed by atoms with van der Waals surface area (Å²) >= 11 is 0. The summed E-state index contributed by atoms with van der Waals surface area (Å²) in [5.41, 5.74) is 19.3. The average molecular weight is 724 g/mol. The quantitative estimate of drug-likeness (QED) is 0.178. The number of benzene rings is 8. The zero-order valence-electron chi connectivity index (χ0n) is 30.9. The number of aromatic nitrogens is 2. The van der Waals surface area contributed by atoms with Gasteiger partial charge in [-0.25, -0.2) is 9.97 Å². The predicted octanol–water partition coefficient (Wildman–Crippen LogP) is 13.0. The summed E-state index contributed by atoms with van der Waals surface area (Å²) in [4.78, 5) is 10.3. The second kappa shape index (κ2) is 13.0. The Morgan fingerprint density at radius 1 is 0.333 bits per heavy atom. The summed E-state index contributed by atoms with van der Waals surface area (Å²) in [7, 11) is 0. The van der Waals surface area contributed by atoms with Gasteiger partial charge in [-0.05, 0) is 97.1 Å². The topological polar surface area (TPSA) is 49.6 Å². The van der Waals surface area contributed by atoms with E-state index in [2.05, 4.69) is 176 Å². The molecule has 11 rings (SSSR count). The third-order valence-electron chi connectivity index (χ3n) is 11.8. The van der Waals surface area contributed by atoms with Crippen molar-refractivity contribution in [1.82, 2.24) is 9.97 Å². The van der Waals surface area contributed by atoms with Gasteiger partial charge >= 0.3 is 0 Å². The van der Waals surface area contributed by atoms with Gasteiger partial charge in [0.25, 0.3) is 0 Å². The number of hydrogen-bond acceptors (Lipinski definition) is 3. The standard InChI is InChI=1S/C54H33N3/c55-34-35-22-28-45-46-29-27-41(32-50(46)54(49(45)30-35)47-20-9-7-18-43(47)44-19-8-10-21-48(44)54)37-23-25-39(26-24-37)52-33-51(38-14-5-2-6-15-38)56-53(57-52)42-17-11-16-40(31-42)36-12-3-1-4-13-36/h1-33H. The van der Waals surface area contributed by atoms with Gasteiger partial charge in [-0.2, -0.15) is 5.26 Å². The van der Waals surface area contributed by atoms with E-state index in [-0.39, 0.29) is 0 Å². The Morgan fingerprint density at radius 2 is 0.789 bits per heavy atom. The van der Waals surface area contributed by atoms with Crippen molar-refractivity contribution in [2.24, 2.45) is 0 Å². The minimum absolute atomic E-state index is 0.524. The maximum atomic E-state index is 10.0. The molecular formula is C54H33N3. The summed E-state index contributed by atoms with van der Waals surface area (Å²) in [5.74, 6) is 0.688. The highest BCUT2D eigenvalue weighted by molar-refractivity contribution is 5.96. The van der Waals surface area contributed by atoms with Gasteiger partial charge in [0, 0.05) is 16.7 Å². The number of fused-ring (bicyclic) bond motifs is 10. The summed E-state index contributed by atoms with van der Waals surface area (Å²) in [5, 5.41) is 10.0.